The van der Waals surface area contributed by atoms with Crippen LogP contribution in [0.4, 0.5) is 0 Å². The first kappa shape index (κ1) is 5.17. The van der Waals surface area contributed by atoms with Crippen molar-refractivity contribution in [2.24, 2.45) is 10.9 Å². The van der Waals surface area contributed by atoms with Gasteiger partial charge in [0.05, 0.1) is 0 Å². The molecule has 0 aromatic carbocycles. The molecule has 34 valence electrons. The molecule has 0 aliphatic heterocycles. The van der Waals surface area contributed by atoms with Crippen LogP contribution in [0, 0.1) is 0 Å². The number of hydrazone groups is 1. The number of nitrogens with zero attached hydrogens (tertiary/aromatic N) is 1. The SMILES string of the molecule is C=C/C=N\NN. The van der Waals surface area contributed by atoms with Crippen molar-refractivity contribution in [2.45, 2.75) is 0 Å². The molecule has 0 aliphatic carbocycles. The molecular weight excluding hydrogens is 78.1 g/mol. The Morgan fingerprint density at radius 3 is 2.67 bits per heavy atom. The van der Waals surface area contributed by atoms with Crippen molar-refractivity contribution < 1.29 is 0 Å². The highest BCUT2D eigenvalue weighted by atomic mass is 15.5. The topological polar surface area (TPSA) is 50.4 Å². The molecule has 0 aromatic heterocycles. The summed E-state index contributed by atoms with van der Waals surface area (Å²) in [4.78, 5) is 0. The van der Waals surface area contributed by atoms with Crippen molar-refractivity contribution in [1.82, 2.24) is 5.53 Å². The van der Waals surface area contributed by atoms with E-state index in [0.717, 1.165) is 0 Å². The molecule has 0 bridgehead atoms. The van der Waals surface area contributed by atoms with Crippen LogP contribution in [-0.2, 0) is 0 Å². The molecule has 0 aromatic rings. The predicted molar refractivity (Wildman–Crippen MR) is 26.0 cm³/mol. The van der Waals surface area contributed by atoms with E-state index >= 15 is 0 Å². The standard InChI is InChI=1S/C3H7N3/c1-2-3-5-6-4/h2-3,6H,1,4H2/b5-3-. The van der Waals surface area contributed by atoms with E-state index in [1.807, 2.05) is 0 Å². The molecule has 0 unspecified atom stereocenters. The lowest BCUT2D eigenvalue weighted by Gasteiger charge is -1.77. The van der Waals surface area contributed by atoms with Crippen LogP contribution in [0.15, 0.2) is 17.8 Å². The quantitative estimate of drug-likeness (QED) is 0.273. The van der Waals surface area contributed by atoms with Gasteiger partial charge < -0.3 is 0 Å². The van der Waals surface area contributed by atoms with Gasteiger partial charge in [0, 0.05) is 6.21 Å². The number of hydrogen-bond donors (Lipinski definition) is 2. The highest BCUT2D eigenvalue weighted by Gasteiger charge is 1.49. The van der Waals surface area contributed by atoms with Crippen LogP contribution in [-0.4, -0.2) is 6.21 Å². The largest absolute Gasteiger partial charge is 0.246 e. The predicted octanol–water partition coefficient (Wildman–Crippen LogP) is -0.379. The second-order valence-electron chi connectivity index (χ2n) is 0.643. The summed E-state index contributed by atoms with van der Waals surface area (Å²) in [7, 11) is 0. The Kier molecular flexibility index (Phi) is 3.59. The lowest BCUT2D eigenvalue weighted by Crippen LogP contribution is -2.13. The van der Waals surface area contributed by atoms with Gasteiger partial charge in [0.25, 0.3) is 0 Å². The maximum Gasteiger partial charge on any atom is 0.0477 e. The number of nitrogens with one attached hydrogen (secondary N) is 1. The number of nitrogens with two attached hydrogens (primary N) is 1. The van der Waals surface area contributed by atoms with E-state index in [9.17, 15) is 0 Å². The van der Waals surface area contributed by atoms with Gasteiger partial charge >= 0.3 is 0 Å². The molecule has 0 spiro atoms. The average Bonchev–Trinajstić information content (AvgIpc) is 1.61. The van der Waals surface area contributed by atoms with Gasteiger partial charge in [-0.3, -0.25) is 0 Å². The number of allylic oxidation sites excluding steroid dienone is 1. The van der Waals surface area contributed by atoms with Crippen LogP contribution in [0.3, 0.4) is 0 Å². The first-order valence-corrected chi connectivity index (χ1v) is 1.51. The van der Waals surface area contributed by atoms with Crippen molar-refractivity contribution >= 4 is 6.21 Å². The molecule has 0 amide bonds. The first-order chi connectivity index (χ1) is 2.91. The maximum absolute atomic E-state index is 4.72. The van der Waals surface area contributed by atoms with Gasteiger partial charge in [0.15, 0.2) is 0 Å². The first-order valence-electron chi connectivity index (χ1n) is 1.51. The van der Waals surface area contributed by atoms with E-state index < -0.39 is 0 Å². The summed E-state index contributed by atoms with van der Waals surface area (Å²) in [6, 6.07) is 0. The molecule has 3 heteroatoms. The Hall–Kier alpha value is -0.830. The van der Waals surface area contributed by atoms with Gasteiger partial charge in [0.2, 0.25) is 0 Å². The molecule has 0 saturated carbocycles. The summed E-state index contributed by atoms with van der Waals surface area (Å²) in [6.45, 7) is 3.35. The minimum Gasteiger partial charge on any atom is -0.246 e. The van der Waals surface area contributed by atoms with Gasteiger partial charge in [-0.1, -0.05) is 6.58 Å². The molecule has 6 heavy (non-hydrogen) atoms. The van der Waals surface area contributed by atoms with Crippen molar-refractivity contribution in [2.75, 3.05) is 0 Å². The molecule has 0 saturated heterocycles. The van der Waals surface area contributed by atoms with Gasteiger partial charge in [-0.25, -0.2) is 11.4 Å². The van der Waals surface area contributed by atoms with Gasteiger partial charge in [-0.2, -0.15) is 5.10 Å². The van der Waals surface area contributed by atoms with Crippen LogP contribution < -0.4 is 11.4 Å². The Balaban J connectivity index is 2.94. The number of rotatable bonds is 2. The molecule has 0 fully saturated rings. The van der Waals surface area contributed by atoms with Crippen molar-refractivity contribution in [3.05, 3.63) is 12.7 Å². The molecule has 0 rings (SSSR count). The van der Waals surface area contributed by atoms with Crippen LogP contribution in [0.5, 0.6) is 0 Å². The summed E-state index contributed by atoms with van der Waals surface area (Å²) in [6.07, 6.45) is 2.99. The Bertz CT molecular complexity index is 57.1. The molecule has 0 heterocycles. The van der Waals surface area contributed by atoms with Crippen molar-refractivity contribution in [1.29, 1.82) is 0 Å². The Labute approximate surface area is 36.5 Å². The minimum absolute atomic E-state index is 1.46. The summed E-state index contributed by atoms with van der Waals surface area (Å²) in [5.74, 6) is 4.72. The fraction of sp³-hybridized carbons (Fsp3) is 0. The second-order valence-corrected chi connectivity index (χ2v) is 0.643. The zero-order valence-electron chi connectivity index (χ0n) is 3.39. The summed E-state index contributed by atoms with van der Waals surface area (Å²) in [5.41, 5.74) is 2.07. The zero-order valence-corrected chi connectivity index (χ0v) is 3.39. The van der Waals surface area contributed by atoms with E-state index in [4.69, 9.17) is 5.84 Å². The minimum atomic E-state index is 1.46. The Morgan fingerprint density at radius 2 is 2.50 bits per heavy atom. The van der Waals surface area contributed by atoms with E-state index in [2.05, 4.69) is 17.2 Å². The highest BCUT2D eigenvalue weighted by Crippen LogP contribution is 1.48. The van der Waals surface area contributed by atoms with Crippen LogP contribution in [0.1, 0.15) is 0 Å². The van der Waals surface area contributed by atoms with E-state index in [1.54, 1.807) is 0 Å². The molecule has 0 atom stereocenters. The molecule has 0 radical (unpaired) electrons. The molecule has 3 N–H and O–H groups in total. The van der Waals surface area contributed by atoms with Crippen LogP contribution in [0.2, 0.25) is 0 Å². The summed E-state index contributed by atoms with van der Waals surface area (Å²) < 4.78 is 0. The second kappa shape index (κ2) is 4.17. The number of hydrazine groups is 1. The van der Waals surface area contributed by atoms with E-state index in [1.165, 1.54) is 12.3 Å². The molecule has 0 aliphatic rings. The maximum atomic E-state index is 4.72. The number of hydrogen-bond acceptors (Lipinski definition) is 3. The third-order valence-corrected chi connectivity index (χ3v) is 0.254. The highest BCUT2D eigenvalue weighted by molar-refractivity contribution is 5.69. The van der Waals surface area contributed by atoms with E-state index in [0.29, 0.717) is 0 Å². The Morgan fingerprint density at radius 1 is 1.83 bits per heavy atom. The zero-order chi connectivity index (χ0) is 4.83. The summed E-state index contributed by atoms with van der Waals surface area (Å²) >= 11 is 0. The monoisotopic (exact) mass is 85.1 g/mol. The van der Waals surface area contributed by atoms with Crippen LogP contribution in [0.25, 0.3) is 0 Å². The average molecular weight is 85.1 g/mol. The van der Waals surface area contributed by atoms with E-state index in [-0.39, 0.29) is 0 Å². The van der Waals surface area contributed by atoms with Crippen molar-refractivity contribution in [3.8, 4) is 0 Å². The fourth-order valence-electron chi connectivity index (χ4n) is 0.0957. The molecular formula is C3H7N3. The van der Waals surface area contributed by atoms with Crippen LogP contribution >= 0.6 is 0 Å². The van der Waals surface area contributed by atoms with Crippen molar-refractivity contribution in [3.63, 3.8) is 0 Å². The van der Waals surface area contributed by atoms with Gasteiger partial charge in [-0.05, 0) is 6.08 Å². The fourth-order valence-corrected chi connectivity index (χ4v) is 0.0957. The molecule has 3 nitrogen and oxygen atoms in total. The normalized spacial score (nSPS) is 8.83. The third kappa shape index (κ3) is 3.17. The smallest absolute Gasteiger partial charge is 0.0477 e. The van der Waals surface area contributed by atoms with Gasteiger partial charge in [-0.15, -0.1) is 0 Å². The summed E-state index contributed by atoms with van der Waals surface area (Å²) in [5, 5.41) is 3.38. The van der Waals surface area contributed by atoms with Gasteiger partial charge in [0.1, 0.15) is 0 Å². The lowest BCUT2D eigenvalue weighted by molar-refractivity contribution is 0.811. The lowest BCUT2D eigenvalue weighted by atomic mass is 10.7. The third-order valence-electron chi connectivity index (χ3n) is 0.254.